The minimum atomic E-state index is -0.380. The number of anilines is 1. The molecule has 0 atom stereocenters. The van der Waals surface area contributed by atoms with Crippen LogP contribution in [-0.4, -0.2) is 34.1 Å². The predicted octanol–water partition coefficient (Wildman–Crippen LogP) is 2.59. The minimum absolute atomic E-state index is 0.171. The van der Waals surface area contributed by atoms with Crippen molar-refractivity contribution in [2.45, 2.75) is 27.3 Å². The molecule has 1 amide bonds. The highest BCUT2D eigenvalue weighted by Gasteiger charge is 2.19. The summed E-state index contributed by atoms with van der Waals surface area (Å²) in [7, 11) is 0. The average molecular weight is 354 g/mol. The van der Waals surface area contributed by atoms with Gasteiger partial charge in [-0.05, 0) is 26.0 Å². The van der Waals surface area contributed by atoms with Crippen molar-refractivity contribution in [2.24, 2.45) is 0 Å². The highest BCUT2D eigenvalue weighted by atomic mass is 16.4. The lowest BCUT2D eigenvalue weighted by molar-refractivity contribution is -0.117. The van der Waals surface area contributed by atoms with Crippen LogP contribution in [0.3, 0.4) is 0 Å². The normalized spacial score (nSPS) is 11.2. The molecule has 7 nitrogen and oxygen atoms in total. The Balaban J connectivity index is 1.77. The van der Waals surface area contributed by atoms with Crippen molar-refractivity contribution < 1.29 is 9.21 Å². The summed E-state index contributed by atoms with van der Waals surface area (Å²) in [5.74, 6) is 0.500. The molecule has 3 rings (SSSR count). The minimum Gasteiger partial charge on any atom is -0.444 e. The van der Waals surface area contributed by atoms with Gasteiger partial charge in [-0.3, -0.25) is 19.8 Å². The van der Waals surface area contributed by atoms with Crippen LogP contribution in [0.2, 0.25) is 0 Å². The molecule has 136 valence electrons. The average Bonchev–Trinajstić information content (AvgIpc) is 2.95. The lowest BCUT2D eigenvalue weighted by Gasteiger charge is -2.19. The Morgan fingerprint density at radius 2 is 1.96 bits per heavy atom. The summed E-state index contributed by atoms with van der Waals surface area (Å²) in [6, 6.07) is 9.97. The summed E-state index contributed by atoms with van der Waals surface area (Å²) in [4.78, 5) is 26.6. The van der Waals surface area contributed by atoms with Gasteiger partial charge in [0.05, 0.1) is 17.6 Å². The Morgan fingerprint density at radius 3 is 2.65 bits per heavy atom. The standard InChI is InChI=1S/C19H22N4O3/c1-4-23(10-14-8-6-5-7-9-14)11-15(24)20-19-17-16(13(3)26-19)12(2)21-22-18(17)25/h5-9H,4,10-11H2,1-3H3,(H,20,24)(H,22,25). The summed E-state index contributed by atoms with van der Waals surface area (Å²) in [6.45, 7) is 7.14. The largest absolute Gasteiger partial charge is 0.444 e. The molecule has 3 aromatic rings. The third-order valence-corrected chi connectivity index (χ3v) is 4.31. The Bertz CT molecular complexity index is 976. The van der Waals surface area contributed by atoms with Crippen molar-refractivity contribution in [3.63, 3.8) is 0 Å². The van der Waals surface area contributed by atoms with E-state index in [0.717, 1.165) is 12.1 Å². The first-order valence-corrected chi connectivity index (χ1v) is 8.54. The number of benzene rings is 1. The molecule has 0 saturated carbocycles. The van der Waals surface area contributed by atoms with Crippen molar-refractivity contribution >= 4 is 22.6 Å². The zero-order valence-electron chi connectivity index (χ0n) is 15.1. The number of hydrogen-bond donors (Lipinski definition) is 2. The van der Waals surface area contributed by atoms with E-state index in [4.69, 9.17) is 4.42 Å². The van der Waals surface area contributed by atoms with Gasteiger partial charge in [0, 0.05) is 6.54 Å². The van der Waals surface area contributed by atoms with Crippen molar-refractivity contribution in [2.75, 3.05) is 18.4 Å². The predicted molar refractivity (Wildman–Crippen MR) is 100 cm³/mol. The highest BCUT2D eigenvalue weighted by Crippen LogP contribution is 2.28. The number of aromatic nitrogens is 2. The van der Waals surface area contributed by atoms with Crippen LogP contribution in [0.4, 0.5) is 5.88 Å². The van der Waals surface area contributed by atoms with Gasteiger partial charge in [-0.2, -0.15) is 5.10 Å². The molecule has 0 unspecified atom stereocenters. The number of likely N-dealkylation sites (N-methyl/N-ethyl adjacent to an activating group) is 1. The van der Waals surface area contributed by atoms with Crippen molar-refractivity contribution in [1.29, 1.82) is 0 Å². The van der Waals surface area contributed by atoms with Crippen molar-refractivity contribution in [3.8, 4) is 0 Å². The van der Waals surface area contributed by atoms with Gasteiger partial charge in [0.1, 0.15) is 11.1 Å². The van der Waals surface area contributed by atoms with Gasteiger partial charge in [0.15, 0.2) is 0 Å². The summed E-state index contributed by atoms with van der Waals surface area (Å²) < 4.78 is 5.62. The Hall–Kier alpha value is -2.93. The first kappa shape index (κ1) is 17.9. The molecule has 2 heterocycles. The number of fused-ring (bicyclic) bond motifs is 1. The fraction of sp³-hybridized carbons (Fsp3) is 0.316. The molecule has 0 bridgehead atoms. The molecular formula is C19H22N4O3. The van der Waals surface area contributed by atoms with Crippen LogP contribution in [0.25, 0.3) is 10.8 Å². The molecule has 0 radical (unpaired) electrons. The second-order valence-electron chi connectivity index (χ2n) is 6.21. The maximum Gasteiger partial charge on any atom is 0.277 e. The summed E-state index contributed by atoms with van der Waals surface area (Å²) in [6.07, 6.45) is 0. The number of hydrogen-bond acceptors (Lipinski definition) is 5. The SMILES string of the molecule is CCN(CC(=O)Nc1oc(C)c2c(C)n[nH]c(=O)c12)Cc1ccccc1. The molecule has 0 aliphatic rings. The molecule has 26 heavy (non-hydrogen) atoms. The lowest BCUT2D eigenvalue weighted by atomic mass is 10.2. The van der Waals surface area contributed by atoms with Crippen LogP contribution in [0.5, 0.6) is 0 Å². The van der Waals surface area contributed by atoms with E-state index in [0.29, 0.717) is 28.8 Å². The number of furan rings is 1. The van der Waals surface area contributed by atoms with Gasteiger partial charge in [0.25, 0.3) is 5.56 Å². The number of rotatable bonds is 6. The van der Waals surface area contributed by atoms with E-state index in [-0.39, 0.29) is 23.9 Å². The van der Waals surface area contributed by atoms with Crippen molar-refractivity contribution in [1.82, 2.24) is 15.1 Å². The second kappa shape index (κ2) is 7.53. The van der Waals surface area contributed by atoms with E-state index in [1.807, 2.05) is 42.2 Å². The van der Waals surface area contributed by atoms with Gasteiger partial charge in [-0.1, -0.05) is 37.3 Å². The molecule has 0 spiro atoms. The molecule has 2 aromatic heterocycles. The number of nitrogens with one attached hydrogen (secondary N) is 2. The number of amides is 1. The number of H-pyrrole nitrogens is 1. The third kappa shape index (κ3) is 3.67. The summed E-state index contributed by atoms with van der Waals surface area (Å²) in [5, 5.41) is 10.1. The number of nitrogens with zero attached hydrogens (tertiary/aromatic N) is 2. The quantitative estimate of drug-likeness (QED) is 0.710. The molecule has 1 aromatic carbocycles. The van der Waals surface area contributed by atoms with Gasteiger partial charge in [-0.15, -0.1) is 0 Å². The molecule has 0 aliphatic heterocycles. The van der Waals surface area contributed by atoms with Gasteiger partial charge in [0.2, 0.25) is 11.8 Å². The fourth-order valence-electron chi connectivity index (χ4n) is 3.02. The topological polar surface area (TPSA) is 91.2 Å². The number of aryl methyl sites for hydroxylation is 2. The molecule has 7 heteroatoms. The zero-order chi connectivity index (χ0) is 18.7. The van der Waals surface area contributed by atoms with E-state index in [9.17, 15) is 9.59 Å². The first-order valence-electron chi connectivity index (χ1n) is 8.54. The molecule has 0 fully saturated rings. The summed E-state index contributed by atoms with van der Waals surface area (Å²) >= 11 is 0. The Labute approximate surface area is 151 Å². The first-order chi connectivity index (χ1) is 12.5. The third-order valence-electron chi connectivity index (χ3n) is 4.31. The zero-order valence-corrected chi connectivity index (χ0v) is 15.1. The maximum atomic E-state index is 12.5. The van der Waals surface area contributed by atoms with E-state index in [1.165, 1.54) is 0 Å². The number of carbonyl (C=O) groups excluding carboxylic acids is 1. The monoisotopic (exact) mass is 354 g/mol. The highest BCUT2D eigenvalue weighted by molar-refractivity contribution is 6.01. The van der Waals surface area contributed by atoms with Crippen LogP contribution in [-0.2, 0) is 11.3 Å². The lowest BCUT2D eigenvalue weighted by Crippen LogP contribution is -2.32. The Morgan fingerprint density at radius 1 is 1.23 bits per heavy atom. The van der Waals surface area contributed by atoms with Gasteiger partial charge in [-0.25, -0.2) is 5.10 Å². The molecule has 2 N–H and O–H groups in total. The van der Waals surface area contributed by atoms with Crippen LogP contribution in [0, 0.1) is 13.8 Å². The molecule has 0 saturated heterocycles. The van der Waals surface area contributed by atoms with Crippen LogP contribution in [0.1, 0.15) is 23.9 Å². The Kier molecular flexibility index (Phi) is 5.18. The smallest absolute Gasteiger partial charge is 0.277 e. The van der Waals surface area contributed by atoms with E-state index >= 15 is 0 Å². The van der Waals surface area contributed by atoms with Gasteiger partial charge >= 0.3 is 0 Å². The van der Waals surface area contributed by atoms with Crippen molar-refractivity contribution in [3.05, 3.63) is 57.7 Å². The number of aromatic amines is 1. The number of carbonyl (C=O) groups is 1. The second-order valence-corrected chi connectivity index (χ2v) is 6.21. The van der Waals surface area contributed by atoms with E-state index < -0.39 is 0 Å². The van der Waals surface area contributed by atoms with E-state index in [1.54, 1.807) is 13.8 Å². The molecular weight excluding hydrogens is 332 g/mol. The van der Waals surface area contributed by atoms with E-state index in [2.05, 4.69) is 15.5 Å². The molecule has 0 aliphatic carbocycles. The fourth-order valence-corrected chi connectivity index (χ4v) is 3.02. The van der Waals surface area contributed by atoms with Crippen LogP contribution >= 0.6 is 0 Å². The van der Waals surface area contributed by atoms with Gasteiger partial charge < -0.3 is 4.42 Å². The van der Waals surface area contributed by atoms with Crippen LogP contribution in [0.15, 0.2) is 39.5 Å². The van der Waals surface area contributed by atoms with Crippen LogP contribution < -0.4 is 10.9 Å². The summed E-state index contributed by atoms with van der Waals surface area (Å²) in [5.41, 5.74) is 1.41. The maximum absolute atomic E-state index is 12.5.